The Kier molecular flexibility index (Phi) is 10.1. The van der Waals surface area contributed by atoms with Gasteiger partial charge in [-0.25, -0.2) is 9.37 Å². The molecule has 0 aliphatic rings. The quantitative estimate of drug-likeness (QED) is 0.165. The van der Waals surface area contributed by atoms with Gasteiger partial charge in [-0.3, -0.25) is 4.79 Å². The van der Waals surface area contributed by atoms with Crippen molar-refractivity contribution in [3.05, 3.63) is 85.3 Å². The van der Waals surface area contributed by atoms with Crippen molar-refractivity contribution in [2.24, 2.45) is 0 Å². The topological polar surface area (TPSA) is 104 Å². The second-order valence-corrected chi connectivity index (χ2v) is 9.90. The third-order valence-electron chi connectivity index (χ3n) is 6.62. The molecule has 0 aliphatic heterocycles. The Morgan fingerprint density at radius 2 is 1.70 bits per heavy atom. The molecule has 0 aliphatic carbocycles. The van der Waals surface area contributed by atoms with E-state index in [9.17, 15) is 9.18 Å². The molecular formula is C32H36FN7O3. The Bertz CT molecular complexity index is 1580. The van der Waals surface area contributed by atoms with E-state index in [4.69, 9.17) is 14.5 Å². The number of amides is 1. The van der Waals surface area contributed by atoms with Gasteiger partial charge in [-0.15, -0.1) is 0 Å². The van der Waals surface area contributed by atoms with Gasteiger partial charge < -0.3 is 35.2 Å². The van der Waals surface area contributed by atoms with Gasteiger partial charge >= 0.3 is 0 Å². The first kappa shape index (κ1) is 30.8. The summed E-state index contributed by atoms with van der Waals surface area (Å²) in [5, 5.41) is 9.20. The van der Waals surface area contributed by atoms with E-state index in [1.165, 1.54) is 12.1 Å². The van der Waals surface area contributed by atoms with Gasteiger partial charge in [-0.1, -0.05) is 30.8 Å². The number of methoxy groups -OCH3 is 2. The number of anilines is 6. The Labute approximate surface area is 251 Å². The molecule has 0 saturated carbocycles. The number of nitrogens with zero attached hydrogens (tertiary/aromatic N) is 4. The maximum Gasteiger partial charge on any atom is 0.247 e. The van der Waals surface area contributed by atoms with Crippen molar-refractivity contribution in [2.45, 2.75) is 0 Å². The molecule has 4 aromatic rings. The molecule has 0 bridgehead atoms. The lowest BCUT2D eigenvalue weighted by molar-refractivity contribution is -0.111. The van der Waals surface area contributed by atoms with E-state index in [0.717, 1.165) is 17.8 Å². The SMILES string of the molecule is C=CC(=O)Nc1cc(Nc2ncc(-c3ccc(OC)cc3)c(Nc3ccccc3F)n2)c(OC)cc1N(C)CCN(C)C. The van der Waals surface area contributed by atoms with Crippen LogP contribution in [0.15, 0.2) is 79.5 Å². The molecule has 0 fully saturated rings. The zero-order valence-electron chi connectivity index (χ0n) is 24.9. The molecule has 1 aromatic heterocycles. The summed E-state index contributed by atoms with van der Waals surface area (Å²) in [5.74, 6) is 1.05. The summed E-state index contributed by atoms with van der Waals surface area (Å²) in [6, 6.07) is 17.4. The fraction of sp³-hybridized carbons (Fsp3) is 0.219. The average Bonchev–Trinajstić information content (AvgIpc) is 3.01. The van der Waals surface area contributed by atoms with Crippen LogP contribution in [0.2, 0.25) is 0 Å². The van der Waals surface area contributed by atoms with E-state index in [0.29, 0.717) is 40.8 Å². The number of rotatable bonds is 13. The number of carbonyl (C=O) groups is 1. The van der Waals surface area contributed by atoms with Gasteiger partial charge in [-0.2, -0.15) is 4.98 Å². The third kappa shape index (κ3) is 7.77. The van der Waals surface area contributed by atoms with Crippen LogP contribution in [0.25, 0.3) is 11.1 Å². The predicted molar refractivity (Wildman–Crippen MR) is 171 cm³/mol. The van der Waals surface area contributed by atoms with Crippen molar-refractivity contribution in [3.8, 4) is 22.6 Å². The Morgan fingerprint density at radius 1 is 0.953 bits per heavy atom. The van der Waals surface area contributed by atoms with Gasteiger partial charge in [0.2, 0.25) is 11.9 Å². The van der Waals surface area contributed by atoms with Crippen molar-refractivity contribution in [1.82, 2.24) is 14.9 Å². The van der Waals surface area contributed by atoms with Crippen LogP contribution < -0.4 is 30.3 Å². The van der Waals surface area contributed by atoms with Crippen molar-refractivity contribution in [2.75, 3.05) is 69.3 Å². The van der Waals surface area contributed by atoms with E-state index in [-0.39, 0.29) is 17.5 Å². The van der Waals surface area contributed by atoms with Crippen molar-refractivity contribution in [3.63, 3.8) is 0 Å². The Morgan fingerprint density at radius 3 is 2.35 bits per heavy atom. The average molecular weight is 586 g/mol. The van der Waals surface area contributed by atoms with Crippen LogP contribution >= 0.6 is 0 Å². The number of hydrogen-bond donors (Lipinski definition) is 3. The molecule has 0 atom stereocenters. The number of aromatic nitrogens is 2. The smallest absolute Gasteiger partial charge is 0.247 e. The van der Waals surface area contributed by atoms with Gasteiger partial charge in [0.15, 0.2) is 0 Å². The lowest BCUT2D eigenvalue weighted by Crippen LogP contribution is -2.29. The first-order valence-corrected chi connectivity index (χ1v) is 13.5. The minimum atomic E-state index is -0.422. The van der Waals surface area contributed by atoms with Crippen LogP contribution in [0.1, 0.15) is 0 Å². The van der Waals surface area contributed by atoms with Crippen molar-refractivity contribution >= 4 is 40.4 Å². The number of likely N-dealkylation sites (N-methyl/N-ethyl adjacent to an activating group) is 2. The predicted octanol–water partition coefficient (Wildman–Crippen LogP) is 5.91. The van der Waals surface area contributed by atoms with Crippen LogP contribution in [-0.4, -0.2) is 69.2 Å². The lowest BCUT2D eigenvalue weighted by Gasteiger charge is -2.26. The third-order valence-corrected chi connectivity index (χ3v) is 6.62. The highest BCUT2D eigenvalue weighted by atomic mass is 19.1. The number of hydrogen-bond acceptors (Lipinski definition) is 9. The number of ether oxygens (including phenoxy) is 2. The molecular weight excluding hydrogens is 549 g/mol. The number of benzene rings is 3. The molecule has 0 unspecified atom stereocenters. The Balaban J connectivity index is 1.75. The Hall–Kier alpha value is -5.16. The molecule has 1 heterocycles. The highest BCUT2D eigenvalue weighted by molar-refractivity contribution is 6.02. The second-order valence-electron chi connectivity index (χ2n) is 9.90. The van der Waals surface area contributed by atoms with E-state index in [1.807, 2.05) is 56.4 Å². The number of halogens is 1. The number of para-hydroxylation sites is 1. The summed E-state index contributed by atoms with van der Waals surface area (Å²) in [4.78, 5) is 25.7. The minimum absolute atomic E-state index is 0.226. The highest BCUT2D eigenvalue weighted by Gasteiger charge is 2.18. The largest absolute Gasteiger partial charge is 0.497 e. The summed E-state index contributed by atoms with van der Waals surface area (Å²) in [7, 11) is 9.09. The van der Waals surface area contributed by atoms with E-state index in [2.05, 4.69) is 32.4 Å². The summed E-state index contributed by atoms with van der Waals surface area (Å²) in [5.41, 5.74) is 3.55. The molecule has 3 N–H and O–H groups in total. The zero-order chi connectivity index (χ0) is 30.9. The normalized spacial score (nSPS) is 10.7. The van der Waals surface area contributed by atoms with E-state index < -0.39 is 5.82 Å². The molecule has 0 spiro atoms. The van der Waals surface area contributed by atoms with E-state index >= 15 is 0 Å². The zero-order valence-corrected chi connectivity index (χ0v) is 24.9. The van der Waals surface area contributed by atoms with Crippen molar-refractivity contribution < 1.29 is 18.7 Å². The fourth-order valence-corrected chi connectivity index (χ4v) is 4.24. The summed E-state index contributed by atoms with van der Waals surface area (Å²) in [6.07, 6.45) is 2.86. The molecule has 11 heteroatoms. The maximum absolute atomic E-state index is 14.6. The van der Waals surface area contributed by atoms with E-state index in [1.54, 1.807) is 44.7 Å². The monoisotopic (exact) mass is 585 g/mol. The minimum Gasteiger partial charge on any atom is -0.497 e. The molecule has 10 nitrogen and oxygen atoms in total. The molecule has 3 aromatic carbocycles. The van der Waals surface area contributed by atoms with Crippen LogP contribution in [0.5, 0.6) is 11.5 Å². The maximum atomic E-state index is 14.6. The lowest BCUT2D eigenvalue weighted by atomic mass is 10.1. The molecule has 0 radical (unpaired) electrons. The second kappa shape index (κ2) is 14.1. The number of carbonyl (C=O) groups excluding carboxylic acids is 1. The van der Waals surface area contributed by atoms with Gasteiger partial charge in [0.25, 0.3) is 0 Å². The van der Waals surface area contributed by atoms with Crippen LogP contribution in [-0.2, 0) is 4.79 Å². The number of nitrogens with one attached hydrogen (secondary N) is 3. The molecule has 224 valence electrons. The first-order valence-electron chi connectivity index (χ1n) is 13.5. The molecule has 43 heavy (non-hydrogen) atoms. The van der Waals surface area contributed by atoms with Gasteiger partial charge in [-0.05, 0) is 56.1 Å². The van der Waals surface area contributed by atoms with Gasteiger partial charge in [0.1, 0.15) is 23.1 Å². The van der Waals surface area contributed by atoms with Gasteiger partial charge in [0, 0.05) is 38.0 Å². The summed E-state index contributed by atoms with van der Waals surface area (Å²) < 4.78 is 25.6. The van der Waals surface area contributed by atoms with Crippen LogP contribution in [0.3, 0.4) is 0 Å². The highest BCUT2D eigenvalue weighted by Crippen LogP contribution is 2.39. The molecule has 4 rings (SSSR count). The van der Waals surface area contributed by atoms with Gasteiger partial charge in [0.05, 0.1) is 37.0 Å². The van der Waals surface area contributed by atoms with Crippen LogP contribution in [0.4, 0.5) is 38.9 Å². The summed E-state index contributed by atoms with van der Waals surface area (Å²) >= 11 is 0. The summed E-state index contributed by atoms with van der Waals surface area (Å²) in [6.45, 7) is 5.09. The first-order chi connectivity index (χ1) is 20.7. The standard InChI is InChI=1S/C32H36FN7O3/c1-7-30(41)35-26-18-27(29(43-6)19-28(26)40(4)17-16-39(2)3)37-32-34-20-23(21-12-14-22(42-5)15-13-21)31(38-32)36-25-11-9-8-10-24(25)33/h7-15,18-20H,1,16-17H2,2-6H3,(H,35,41)(H2,34,36,37,38). The fourth-order valence-electron chi connectivity index (χ4n) is 4.24. The van der Waals surface area contributed by atoms with Crippen LogP contribution in [0, 0.1) is 5.82 Å². The molecule has 0 saturated heterocycles. The molecule has 1 amide bonds. The van der Waals surface area contributed by atoms with Crippen molar-refractivity contribution in [1.29, 1.82) is 0 Å².